The molecule has 5 nitrogen and oxygen atoms in total. The second-order valence-electron chi connectivity index (χ2n) is 9.66. The minimum absolute atomic E-state index is 0.0280. The lowest BCUT2D eigenvalue weighted by atomic mass is 9.72. The Morgan fingerprint density at radius 2 is 1.54 bits per heavy atom. The SMILES string of the molecule is COc1ccc(CNC(=O)C2(c3ccccc3)CCN(C(=O)C3CC3c3ccccc3)CC2)cc1. The first-order chi connectivity index (χ1) is 17.1. The van der Waals surface area contributed by atoms with Gasteiger partial charge >= 0.3 is 0 Å². The molecule has 0 bridgehead atoms. The van der Waals surface area contributed by atoms with Crippen molar-refractivity contribution in [3.8, 4) is 5.75 Å². The average Bonchev–Trinajstić information content (AvgIpc) is 3.74. The van der Waals surface area contributed by atoms with E-state index in [1.54, 1.807) is 7.11 Å². The molecule has 1 saturated heterocycles. The van der Waals surface area contributed by atoms with E-state index in [-0.39, 0.29) is 17.7 Å². The second kappa shape index (κ2) is 9.95. The number of ether oxygens (including phenoxy) is 1. The standard InChI is InChI=1S/C30H32N2O3/c1-35-25-14-12-22(13-15-25)21-31-29(34)30(24-10-6-3-7-11-24)16-18-32(19-17-30)28(33)27-20-26(27)23-8-4-2-5-9-23/h2-15,26-27H,16-21H2,1H3,(H,31,34). The molecule has 5 heteroatoms. The quantitative estimate of drug-likeness (QED) is 0.548. The zero-order valence-electron chi connectivity index (χ0n) is 20.2. The van der Waals surface area contributed by atoms with E-state index in [0.717, 1.165) is 23.3 Å². The Hall–Kier alpha value is -3.60. The fourth-order valence-electron chi connectivity index (χ4n) is 5.38. The van der Waals surface area contributed by atoms with Crippen molar-refractivity contribution >= 4 is 11.8 Å². The summed E-state index contributed by atoms with van der Waals surface area (Å²) in [6.07, 6.45) is 2.17. The van der Waals surface area contributed by atoms with Crippen LogP contribution in [-0.2, 0) is 21.5 Å². The van der Waals surface area contributed by atoms with Crippen molar-refractivity contribution in [2.75, 3.05) is 20.2 Å². The van der Waals surface area contributed by atoms with Gasteiger partial charge in [0.05, 0.1) is 12.5 Å². The van der Waals surface area contributed by atoms with Crippen LogP contribution in [0.1, 0.15) is 41.9 Å². The average molecular weight is 469 g/mol. The predicted octanol–water partition coefficient (Wildman–Crippen LogP) is 4.68. The Morgan fingerprint density at radius 1 is 0.914 bits per heavy atom. The number of carbonyl (C=O) groups excluding carboxylic acids is 2. The molecular formula is C30H32N2O3. The molecule has 2 amide bonds. The van der Waals surface area contributed by atoms with E-state index in [1.165, 1.54) is 5.56 Å². The molecule has 3 aromatic rings. The molecule has 5 rings (SSSR count). The molecule has 2 aliphatic rings. The van der Waals surface area contributed by atoms with Crippen molar-refractivity contribution in [1.29, 1.82) is 0 Å². The Morgan fingerprint density at radius 3 is 2.17 bits per heavy atom. The molecular weight excluding hydrogens is 436 g/mol. The summed E-state index contributed by atoms with van der Waals surface area (Å²) in [5.74, 6) is 1.46. The number of rotatable bonds is 7. The van der Waals surface area contributed by atoms with Crippen molar-refractivity contribution in [2.45, 2.75) is 37.1 Å². The van der Waals surface area contributed by atoms with E-state index in [0.29, 0.717) is 38.4 Å². The number of amides is 2. The number of hydrogen-bond donors (Lipinski definition) is 1. The van der Waals surface area contributed by atoms with Crippen LogP contribution < -0.4 is 10.1 Å². The second-order valence-corrected chi connectivity index (χ2v) is 9.66. The molecule has 0 spiro atoms. The van der Waals surface area contributed by atoms with Crippen LogP contribution in [-0.4, -0.2) is 36.9 Å². The van der Waals surface area contributed by atoms with Crippen molar-refractivity contribution in [2.24, 2.45) is 5.92 Å². The summed E-state index contributed by atoms with van der Waals surface area (Å²) in [4.78, 5) is 28.9. The maximum absolute atomic E-state index is 13.6. The zero-order valence-corrected chi connectivity index (χ0v) is 20.2. The maximum Gasteiger partial charge on any atom is 0.231 e. The van der Waals surface area contributed by atoms with Gasteiger partial charge in [0.1, 0.15) is 5.75 Å². The van der Waals surface area contributed by atoms with E-state index >= 15 is 0 Å². The lowest BCUT2D eigenvalue weighted by Gasteiger charge is -2.41. The molecule has 1 saturated carbocycles. The summed E-state index contributed by atoms with van der Waals surface area (Å²) in [6, 6.07) is 28.1. The molecule has 2 fully saturated rings. The van der Waals surface area contributed by atoms with Gasteiger partial charge in [-0.05, 0) is 54.0 Å². The Kier molecular flexibility index (Phi) is 6.58. The van der Waals surface area contributed by atoms with E-state index in [4.69, 9.17) is 4.74 Å². The number of benzene rings is 3. The summed E-state index contributed by atoms with van der Waals surface area (Å²) in [6.45, 7) is 1.66. The fourth-order valence-corrected chi connectivity index (χ4v) is 5.38. The highest BCUT2D eigenvalue weighted by atomic mass is 16.5. The molecule has 1 aliphatic carbocycles. The molecule has 1 N–H and O–H groups in total. The number of likely N-dealkylation sites (tertiary alicyclic amines) is 1. The fraction of sp³-hybridized carbons (Fsp3) is 0.333. The lowest BCUT2D eigenvalue weighted by molar-refractivity contribution is -0.138. The molecule has 1 heterocycles. The highest BCUT2D eigenvalue weighted by molar-refractivity contribution is 5.89. The van der Waals surface area contributed by atoms with E-state index in [2.05, 4.69) is 17.4 Å². The topological polar surface area (TPSA) is 58.6 Å². The first kappa shape index (κ1) is 23.2. The molecule has 35 heavy (non-hydrogen) atoms. The summed E-state index contributed by atoms with van der Waals surface area (Å²) >= 11 is 0. The van der Waals surface area contributed by atoms with Crippen LogP contribution in [0.4, 0.5) is 0 Å². The summed E-state index contributed by atoms with van der Waals surface area (Å²) < 4.78 is 5.23. The van der Waals surface area contributed by atoms with Crippen molar-refractivity contribution in [1.82, 2.24) is 10.2 Å². The van der Waals surface area contributed by atoms with E-state index in [9.17, 15) is 9.59 Å². The largest absolute Gasteiger partial charge is 0.497 e. The van der Waals surface area contributed by atoms with E-state index in [1.807, 2.05) is 77.7 Å². The zero-order chi connectivity index (χ0) is 24.3. The third-order valence-corrected chi connectivity index (χ3v) is 7.64. The Balaban J connectivity index is 1.26. The monoisotopic (exact) mass is 468 g/mol. The number of nitrogens with one attached hydrogen (secondary N) is 1. The molecule has 2 unspecified atom stereocenters. The molecule has 0 radical (unpaired) electrons. The van der Waals surface area contributed by atoms with Crippen LogP contribution >= 0.6 is 0 Å². The summed E-state index contributed by atoms with van der Waals surface area (Å²) in [7, 11) is 1.64. The minimum atomic E-state index is -0.632. The van der Waals surface area contributed by atoms with Gasteiger partial charge in [0.25, 0.3) is 0 Å². The minimum Gasteiger partial charge on any atom is -0.497 e. The smallest absolute Gasteiger partial charge is 0.231 e. The van der Waals surface area contributed by atoms with Gasteiger partial charge in [-0.3, -0.25) is 9.59 Å². The van der Waals surface area contributed by atoms with Crippen LogP contribution in [0.3, 0.4) is 0 Å². The summed E-state index contributed by atoms with van der Waals surface area (Å²) in [5, 5.41) is 3.17. The van der Waals surface area contributed by atoms with Crippen LogP contribution in [0, 0.1) is 5.92 Å². The van der Waals surface area contributed by atoms with Gasteiger partial charge in [0.15, 0.2) is 0 Å². The summed E-state index contributed by atoms with van der Waals surface area (Å²) in [5.41, 5.74) is 2.66. The van der Waals surface area contributed by atoms with Gasteiger partial charge in [-0.2, -0.15) is 0 Å². The normalized spacial score (nSPS) is 20.7. The van der Waals surface area contributed by atoms with Crippen LogP contribution in [0.15, 0.2) is 84.9 Å². The van der Waals surface area contributed by atoms with Gasteiger partial charge in [-0.1, -0.05) is 72.8 Å². The van der Waals surface area contributed by atoms with Gasteiger partial charge in [0, 0.05) is 25.6 Å². The predicted molar refractivity (Wildman–Crippen MR) is 136 cm³/mol. The van der Waals surface area contributed by atoms with Crippen molar-refractivity contribution < 1.29 is 14.3 Å². The first-order valence-corrected chi connectivity index (χ1v) is 12.4. The molecule has 2 atom stereocenters. The van der Waals surface area contributed by atoms with Gasteiger partial charge < -0.3 is 15.0 Å². The maximum atomic E-state index is 13.6. The molecule has 0 aromatic heterocycles. The van der Waals surface area contributed by atoms with Crippen LogP contribution in [0.2, 0.25) is 0 Å². The highest BCUT2D eigenvalue weighted by Gasteiger charge is 2.49. The third-order valence-electron chi connectivity index (χ3n) is 7.64. The van der Waals surface area contributed by atoms with Gasteiger partial charge in [0.2, 0.25) is 11.8 Å². The highest BCUT2D eigenvalue weighted by Crippen LogP contribution is 2.49. The molecule has 180 valence electrons. The van der Waals surface area contributed by atoms with Crippen molar-refractivity contribution in [3.05, 3.63) is 102 Å². The third kappa shape index (κ3) is 4.81. The number of piperidine rings is 1. The van der Waals surface area contributed by atoms with Gasteiger partial charge in [-0.15, -0.1) is 0 Å². The Bertz CT molecular complexity index is 1150. The molecule has 3 aromatic carbocycles. The number of carbonyl (C=O) groups is 2. The van der Waals surface area contributed by atoms with Gasteiger partial charge in [-0.25, -0.2) is 0 Å². The van der Waals surface area contributed by atoms with Crippen LogP contribution in [0.25, 0.3) is 0 Å². The number of nitrogens with zero attached hydrogens (tertiary/aromatic N) is 1. The Labute approximate surface area is 207 Å². The van der Waals surface area contributed by atoms with Crippen molar-refractivity contribution in [3.63, 3.8) is 0 Å². The first-order valence-electron chi connectivity index (χ1n) is 12.4. The van der Waals surface area contributed by atoms with E-state index < -0.39 is 5.41 Å². The molecule has 1 aliphatic heterocycles. The number of hydrogen-bond acceptors (Lipinski definition) is 3. The number of methoxy groups -OCH3 is 1. The lowest BCUT2D eigenvalue weighted by Crippen LogP contribution is -2.53. The van der Waals surface area contributed by atoms with Crippen LogP contribution in [0.5, 0.6) is 5.75 Å².